The number of para-hydroxylation sites is 2. The van der Waals surface area contributed by atoms with Crippen molar-refractivity contribution in [2.75, 3.05) is 0 Å². The van der Waals surface area contributed by atoms with Crippen molar-refractivity contribution in [2.24, 2.45) is 5.16 Å². The van der Waals surface area contributed by atoms with E-state index in [1.54, 1.807) is 0 Å². The Morgan fingerprint density at radius 2 is 1.50 bits per heavy atom. The zero-order valence-electron chi connectivity index (χ0n) is 11.8. The predicted octanol–water partition coefficient (Wildman–Crippen LogP) is 2.93. The van der Waals surface area contributed by atoms with Crippen LogP contribution in [-0.4, -0.2) is 21.6 Å². The second-order valence-corrected chi connectivity index (χ2v) is 4.98. The lowest BCUT2D eigenvalue weighted by Gasteiger charge is -2.02. The Morgan fingerprint density at radius 1 is 0.909 bits per heavy atom. The standard InChI is InChI=1S/C17H11N3O2/c1-10(21)22-20-16-12-7-3-2-6-11(12)15-17(16)19-14-9-5-4-8-13(14)18-15/h2-9H,1H3/b20-16+. The molecule has 0 bridgehead atoms. The van der Waals surface area contributed by atoms with Crippen LogP contribution < -0.4 is 0 Å². The summed E-state index contributed by atoms with van der Waals surface area (Å²) in [6.45, 7) is 1.32. The molecule has 22 heavy (non-hydrogen) atoms. The summed E-state index contributed by atoms with van der Waals surface area (Å²) in [6.07, 6.45) is 0. The highest BCUT2D eigenvalue weighted by molar-refractivity contribution is 6.23. The molecule has 1 aliphatic rings. The zero-order chi connectivity index (χ0) is 15.1. The molecule has 2 aromatic carbocycles. The molecule has 0 aliphatic heterocycles. The van der Waals surface area contributed by atoms with E-state index in [1.165, 1.54) is 6.92 Å². The fourth-order valence-electron chi connectivity index (χ4n) is 2.58. The zero-order valence-corrected chi connectivity index (χ0v) is 11.8. The monoisotopic (exact) mass is 289 g/mol. The van der Waals surface area contributed by atoms with E-state index >= 15 is 0 Å². The largest absolute Gasteiger partial charge is 0.332 e. The smallest absolute Gasteiger partial charge is 0.318 e. The van der Waals surface area contributed by atoms with Gasteiger partial charge in [0, 0.05) is 18.1 Å². The normalized spacial score (nSPS) is 14.0. The molecule has 0 atom stereocenters. The molecule has 4 rings (SSSR count). The molecule has 3 aromatic rings. The first-order chi connectivity index (χ1) is 10.7. The van der Waals surface area contributed by atoms with Crippen LogP contribution in [0.25, 0.3) is 22.3 Å². The summed E-state index contributed by atoms with van der Waals surface area (Å²) in [5.74, 6) is -0.466. The van der Waals surface area contributed by atoms with E-state index in [0.29, 0.717) is 11.4 Å². The summed E-state index contributed by atoms with van der Waals surface area (Å²) < 4.78 is 0. The van der Waals surface area contributed by atoms with E-state index in [-0.39, 0.29) is 0 Å². The molecule has 0 saturated carbocycles. The van der Waals surface area contributed by atoms with Gasteiger partial charge in [-0.1, -0.05) is 41.6 Å². The minimum Gasteiger partial charge on any atom is -0.318 e. The van der Waals surface area contributed by atoms with Gasteiger partial charge >= 0.3 is 5.97 Å². The highest BCUT2D eigenvalue weighted by Crippen LogP contribution is 2.35. The lowest BCUT2D eigenvalue weighted by Crippen LogP contribution is -2.04. The van der Waals surface area contributed by atoms with Gasteiger partial charge in [-0.25, -0.2) is 14.8 Å². The van der Waals surface area contributed by atoms with Crippen LogP contribution in [0.1, 0.15) is 18.2 Å². The van der Waals surface area contributed by atoms with Crippen molar-refractivity contribution >= 4 is 22.7 Å². The van der Waals surface area contributed by atoms with Crippen molar-refractivity contribution in [1.29, 1.82) is 0 Å². The van der Waals surface area contributed by atoms with E-state index in [1.807, 2.05) is 48.5 Å². The van der Waals surface area contributed by atoms with E-state index in [9.17, 15) is 4.79 Å². The fourth-order valence-corrected chi connectivity index (χ4v) is 2.58. The maximum absolute atomic E-state index is 11.1. The molecule has 106 valence electrons. The maximum atomic E-state index is 11.1. The molecule has 0 saturated heterocycles. The van der Waals surface area contributed by atoms with Gasteiger partial charge in [0.25, 0.3) is 0 Å². The third-order valence-electron chi connectivity index (χ3n) is 3.50. The topological polar surface area (TPSA) is 64.4 Å². The van der Waals surface area contributed by atoms with E-state index in [2.05, 4.69) is 10.1 Å². The molecule has 5 nitrogen and oxygen atoms in total. The van der Waals surface area contributed by atoms with E-state index < -0.39 is 5.97 Å². The summed E-state index contributed by atoms with van der Waals surface area (Å²) in [7, 11) is 0. The Labute approximate surface area is 126 Å². The number of oxime groups is 1. The number of hydrogen-bond acceptors (Lipinski definition) is 5. The Morgan fingerprint density at radius 3 is 2.18 bits per heavy atom. The molecule has 0 unspecified atom stereocenters. The van der Waals surface area contributed by atoms with Crippen LogP contribution in [-0.2, 0) is 9.63 Å². The number of nitrogens with zero attached hydrogens (tertiary/aromatic N) is 3. The summed E-state index contributed by atoms with van der Waals surface area (Å²) in [5.41, 5.74) is 5.37. The van der Waals surface area contributed by atoms with E-state index in [4.69, 9.17) is 9.82 Å². The first kappa shape index (κ1) is 12.6. The number of benzene rings is 2. The Hall–Kier alpha value is -3.08. The third kappa shape index (κ3) is 1.87. The number of hydrogen-bond donors (Lipinski definition) is 0. The van der Waals surface area contributed by atoms with Crippen molar-refractivity contribution < 1.29 is 9.63 Å². The van der Waals surface area contributed by atoms with Gasteiger partial charge in [0.15, 0.2) is 0 Å². The molecule has 1 aliphatic carbocycles. The average molecular weight is 289 g/mol. The van der Waals surface area contributed by atoms with Crippen molar-refractivity contribution in [3.05, 3.63) is 59.8 Å². The van der Waals surface area contributed by atoms with Crippen molar-refractivity contribution in [3.8, 4) is 11.3 Å². The third-order valence-corrected chi connectivity index (χ3v) is 3.50. The van der Waals surface area contributed by atoms with Gasteiger partial charge in [-0.3, -0.25) is 0 Å². The Balaban J connectivity index is 2.01. The summed E-state index contributed by atoms with van der Waals surface area (Å²) in [4.78, 5) is 25.2. The molecular weight excluding hydrogens is 278 g/mol. The number of aromatic nitrogens is 2. The van der Waals surface area contributed by atoms with Gasteiger partial charge in [0.2, 0.25) is 0 Å². The van der Waals surface area contributed by atoms with Gasteiger partial charge in [-0.15, -0.1) is 0 Å². The van der Waals surface area contributed by atoms with Crippen LogP contribution in [0.15, 0.2) is 53.7 Å². The number of rotatable bonds is 1. The minimum atomic E-state index is -0.466. The van der Waals surface area contributed by atoms with Crippen molar-refractivity contribution in [3.63, 3.8) is 0 Å². The van der Waals surface area contributed by atoms with Gasteiger partial charge < -0.3 is 4.84 Å². The Bertz CT molecular complexity index is 948. The lowest BCUT2D eigenvalue weighted by molar-refractivity contribution is -0.140. The molecule has 5 heteroatoms. The number of fused-ring (bicyclic) bond motifs is 4. The molecule has 0 fully saturated rings. The second-order valence-electron chi connectivity index (χ2n) is 4.98. The SMILES string of the molecule is CC(=O)O/N=C1\c2ccccc2-c2nc3ccccc3nc21. The first-order valence-electron chi connectivity index (χ1n) is 6.86. The number of carbonyl (C=O) groups excluding carboxylic acids is 1. The molecule has 1 heterocycles. The van der Waals surface area contributed by atoms with Crippen LogP contribution in [0.4, 0.5) is 0 Å². The van der Waals surface area contributed by atoms with Crippen molar-refractivity contribution in [2.45, 2.75) is 6.92 Å². The molecule has 0 spiro atoms. The lowest BCUT2D eigenvalue weighted by atomic mass is 10.1. The van der Waals surface area contributed by atoms with E-state index in [0.717, 1.165) is 27.9 Å². The molecule has 0 N–H and O–H groups in total. The van der Waals surface area contributed by atoms with Crippen LogP contribution in [0, 0.1) is 0 Å². The Kier molecular flexibility index (Phi) is 2.72. The quantitative estimate of drug-likeness (QED) is 0.399. The second kappa shape index (κ2) is 4.73. The highest BCUT2D eigenvalue weighted by atomic mass is 16.7. The predicted molar refractivity (Wildman–Crippen MR) is 82.4 cm³/mol. The minimum absolute atomic E-state index is 0.466. The van der Waals surface area contributed by atoms with Crippen molar-refractivity contribution in [1.82, 2.24) is 9.97 Å². The molecule has 0 amide bonds. The van der Waals surface area contributed by atoms with Gasteiger partial charge in [0.1, 0.15) is 11.4 Å². The average Bonchev–Trinajstić information content (AvgIpc) is 2.84. The maximum Gasteiger partial charge on any atom is 0.332 e. The van der Waals surface area contributed by atoms with Crippen LogP contribution in [0.5, 0.6) is 0 Å². The molecule has 1 aromatic heterocycles. The van der Waals surface area contributed by atoms with Crippen LogP contribution in [0.2, 0.25) is 0 Å². The summed E-state index contributed by atoms with van der Waals surface area (Å²) in [6, 6.07) is 15.4. The summed E-state index contributed by atoms with van der Waals surface area (Å²) >= 11 is 0. The summed E-state index contributed by atoms with van der Waals surface area (Å²) in [5, 5.41) is 3.98. The van der Waals surface area contributed by atoms with Gasteiger partial charge in [-0.05, 0) is 12.1 Å². The van der Waals surface area contributed by atoms with Gasteiger partial charge in [0.05, 0.1) is 16.7 Å². The fraction of sp³-hybridized carbons (Fsp3) is 0.0588. The number of carbonyl (C=O) groups is 1. The molecular formula is C17H11N3O2. The van der Waals surface area contributed by atoms with Gasteiger partial charge in [-0.2, -0.15) is 0 Å². The van der Waals surface area contributed by atoms with Crippen LogP contribution in [0.3, 0.4) is 0 Å². The van der Waals surface area contributed by atoms with Crippen LogP contribution >= 0.6 is 0 Å². The first-order valence-corrected chi connectivity index (χ1v) is 6.86. The molecule has 0 radical (unpaired) electrons. The highest BCUT2D eigenvalue weighted by Gasteiger charge is 2.29.